The Kier molecular flexibility index (Phi) is 11.1. The number of amides is 4. The van der Waals surface area contributed by atoms with Crippen molar-refractivity contribution in [3.05, 3.63) is 18.2 Å². The molecule has 1 rings (SSSR count). The molecular formula is C19H29N7O8. The second kappa shape index (κ2) is 13.5. The predicted molar refractivity (Wildman–Crippen MR) is 115 cm³/mol. The number of H-pyrrole nitrogens is 1. The summed E-state index contributed by atoms with van der Waals surface area (Å²) in [5.74, 6) is -5.94. The molecule has 0 aliphatic carbocycles. The van der Waals surface area contributed by atoms with Crippen molar-refractivity contribution in [2.45, 2.75) is 63.2 Å². The summed E-state index contributed by atoms with van der Waals surface area (Å²) in [6, 6.07) is -5.09. The summed E-state index contributed by atoms with van der Waals surface area (Å²) in [6.07, 6.45) is 1.22. The van der Waals surface area contributed by atoms with Gasteiger partial charge in [0, 0.05) is 31.2 Å². The fourth-order valence-corrected chi connectivity index (χ4v) is 2.75. The highest BCUT2D eigenvalue weighted by atomic mass is 16.4. The number of rotatable bonds is 15. The van der Waals surface area contributed by atoms with Gasteiger partial charge >= 0.3 is 11.9 Å². The summed E-state index contributed by atoms with van der Waals surface area (Å²) in [5.41, 5.74) is 11.0. The minimum absolute atomic E-state index is 0.0477. The molecule has 188 valence electrons. The number of hydrogen-bond acceptors (Lipinski definition) is 8. The van der Waals surface area contributed by atoms with Gasteiger partial charge < -0.3 is 42.6 Å². The molecular weight excluding hydrogens is 454 g/mol. The topological polar surface area (TPSA) is 260 Å². The van der Waals surface area contributed by atoms with Crippen molar-refractivity contribution >= 4 is 35.6 Å². The predicted octanol–water partition coefficient (Wildman–Crippen LogP) is -3.03. The largest absolute Gasteiger partial charge is 0.481 e. The molecule has 15 heteroatoms. The zero-order chi connectivity index (χ0) is 25.8. The maximum Gasteiger partial charge on any atom is 0.326 e. The van der Waals surface area contributed by atoms with Crippen LogP contribution in [-0.2, 0) is 35.2 Å². The molecule has 0 aliphatic rings. The van der Waals surface area contributed by atoms with Crippen molar-refractivity contribution in [2.24, 2.45) is 11.5 Å². The van der Waals surface area contributed by atoms with Gasteiger partial charge in [-0.05, 0) is 19.8 Å². The average molecular weight is 483 g/mol. The first-order valence-corrected chi connectivity index (χ1v) is 10.3. The van der Waals surface area contributed by atoms with Crippen LogP contribution in [0.15, 0.2) is 12.5 Å². The highest BCUT2D eigenvalue weighted by Gasteiger charge is 2.30. The van der Waals surface area contributed by atoms with Crippen molar-refractivity contribution in [2.75, 3.05) is 0 Å². The van der Waals surface area contributed by atoms with Crippen LogP contribution in [0.2, 0.25) is 0 Å². The summed E-state index contributed by atoms with van der Waals surface area (Å²) in [4.78, 5) is 77.7. The Labute approximate surface area is 194 Å². The van der Waals surface area contributed by atoms with Crippen LogP contribution in [0.25, 0.3) is 0 Å². The molecule has 4 amide bonds. The maximum absolute atomic E-state index is 12.9. The zero-order valence-corrected chi connectivity index (χ0v) is 18.4. The van der Waals surface area contributed by atoms with E-state index in [0.29, 0.717) is 5.69 Å². The fraction of sp³-hybridized carbons (Fsp3) is 0.526. The normalized spacial score (nSPS) is 14.2. The summed E-state index contributed by atoms with van der Waals surface area (Å²) < 4.78 is 0. The van der Waals surface area contributed by atoms with E-state index in [-0.39, 0.29) is 25.7 Å². The molecule has 15 nitrogen and oxygen atoms in total. The molecule has 1 aromatic rings. The molecule has 0 aliphatic heterocycles. The van der Waals surface area contributed by atoms with Gasteiger partial charge in [0.2, 0.25) is 23.6 Å². The van der Waals surface area contributed by atoms with Gasteiger partial charge in [-0.15, -0.1) is 0 Å². The molecule has 0 spiro atoms. The van der Waals surface area contributed by atoms with Crippen LogP contribution >= 0.6 is 0 Å². The lowest BCUT2D eigenvalue weighted by atomic mass is 10.1. The molecule has 0 bridgehead atoms. The van der Waals surface area contributed by atoms with Gasteiger partial charge in [-0.1, -0.05) is 0 Å². The number of nitrogens with zero attached hydrogens (tertiary/aromatic N) is 1. The molecule has 4 atom stereocenters. The van der Waals surface area contributed by atoms with E-state index in [1.54, 1.807) is 0 Å². The molecule has 0 saturated heterocycles. The fourth-order valence-electron chi connectivity index (χ4n) is 2.75. The lowest BCUT2D eigenvalue weighted by Crippen LogP contribution is -2.57. The number of carboxylic acid groups (broad SMARTS) is 2. The first-order chi connectivity index (χ1) is 15.9. The highest BCUT2D eigenvalue weighted by molar-refractivity contribution is 5.94. The van der Waals surface area contributed by atoms with Gasteiger partial charge in [0.1, 0.15) is 18.1 Å². The Bertz CT molecular complexity index is 887. The van der Waals surface area contributed by atoms with E-state index < -0.39 is 66.2 Å². The number of nitrogens with one attached hydrogen (secondary N) is 4. The van der Waals surface area contributed by atoms with Crippen LogP contribution in [0, 0.1) is 0 Å². The molecule has 0 aromatic carbocycles. The lowest BCUT2D eigenvalue weighted by Gasteiger charge is -2.24. The quantitative estimate of drug-likeness (QED) is 0.125. The van der Waals surface area contributed by atoms with E-state index in [0.717, 1.165) is 0 Å². The first kappa shape index (κ1) is 28.0. The molecule has 0 fully saturated rings. The third-order valence-electron chi connectivity index (χ3n) is 4.60. The van der Waals surface area contributed by atoms with E-state index in [2.05, 4.69) is 25.9 Å². The summed E-state index contributed by atoms with van der Waals surface area (Å²) in [6.45, 7) is 1.40. The number of carboxylic acids is 2. The third kappa shape index (κ3) is 10.1. The smallest absolute Gasteiger partial charge is 0.326 e. The van der Waals surface area contributed by atoms with Crippen LogP contribution in [-0.4, -0.2) is 79.9 Å². The number of hydrogen-bond donors (Lipinski definition) is 8. The van der Waals surface area contributed by atoms with Gasteiger partial charge in [-0.25, -0.2) is 9.78 Å². The minimum atomic E-state index is -1.50. The number of carbonyl (C=O) groups excluding carboxylic acids is 4. The highest BCUT2D eigenvalue weighted by Crippen LogP contribution is 2.05. The number of aromatic nitrogens is 2. The zero-order valence-electron chi connectivity index (χ0n) is 18.4. The Morgan fingerprint density at radius 3 is 2.00 bits per heavy atom. The van der Waals surface area contributed by atoms with Crippen LogP contribution in [0.1, 0.15) is 38.3 Å². The van der Waals surface area contributed by atoms with Crippen molar-refractivity contribution in [3.63, 3.8) is 0 Å². The number of imidazole rings is 1. The van der Waals surface area contributed by atoms with Gasteiger partial charge in [-0.2, -0.15) is 0 Å². The number of nitrogens with two attached hydrogens (primary N) is 2. The van der Waals surface area contributed by atoms with Gasteiger partial charge in [0.15, 0.2) is 0 Å². The van der Waals surface area contributed by atoms with Crippen LogP contribution in [0.3, 0.4) is 0 Å². The molecule has 1 heterocycles. The molecule has 0 saturated carbocycles. The standard InChI is InChI=1S/C19H29N7O8/c1-9(20)16(30)26-13(6-10-7-22-8-23-10)18(32)24-11(3-5-15(28)29)17(31)25-12(19(33)34)2-4-14(21)27/h7-9,11-13H,2-6,20H2,1H3,(H2,21,27)(H,22,23)(H,24,32)(H,25,31)(H,26,30)(H,28,29)(H,33,34). The Hall–Kier alpha value is -4.01. The average Bonchev–Trinajstić information content (AvgIpc) is 3.25. The Morgan fingerprint density at radius 2 is 1.50 bits per heavy atom. The first-order valence-electron chi connectivity index (χ1n) is 10.3. The van der Waals surface area contributed by atoms with E-state index >= 15 is 0 Å². The summed E-state index contributed by atoms with van der Waals surface area (Å²) >= 11 is 0. The van der Waals surface area contributed by atoms with Crippen molar-refractivity contribution in [3.8, 4) is 0 Å². The van der Waals surface area contributed by atoms with Crippen molar-refractivity contribution in [1.29, 1.82) is 0 Å². The van der Waals surface area contributed by atoms with Crippen LogP contribution in [0.4, 0.5) is 0 Å². The minimum Gasteiger partial charge on any atom is -0.481 e. The maximum atomic E-state index is 12.9. The summed E-state index contributed by atoms with van der Waals surface area (Å²) in [7, 11) is 0. The SMILES string of the molecule is CC(N)C(=O)NC(Cc1cnc[nH]1)C(=O)NC(CCC(=O)O)C(=O)NC(CCC(N)=O)C(=O)O. The second-order valence-electron chi connectivity index (χ2n) is 7.53. The van der Waals surface area contributed by atoms with Gasteiger partial charge in [0.25, 0.3) is 0 Å². The third-order valence-corrected chi connectivity index (χ3v) is 4.60. The number of aliphatic carboxylic acids is 2. The molecule has 10 N–H and O–H groups in total. The molecule has 0 radical (unpaired) electrons. The van der Waals surface area contributed by atoms with Crippen molar-refractivity contribution < 1.29 is 39.0 Å². The van der Waals surface area contributed by atoms with E-state index in [1.807, 2.05) is 0 Å². The van der Waals surface area contributed by atoms with Gasteiger partial charge in [-0.3, -0.25) is 24.0 Å². The van der Waals surface area contributed by atoms with E-state index in [4.69, 9.17) is 16.6 Å². The van der Waals surface area contributed by atoms with Gasteiger partial charge in [0.05, 0.1) is 12.4 Å². The molecule has 1 aromatic heterocycles. The second-order valence-corrected chi connectivity index (χ2v) is 7.53. The number of primary amides is 1. The van der Waals surface area contributed by atoms with E-state index in [9.17, 15) is 33.9 Å². The molecule has 34 heavy (non-hydrogen) atoms. The lowest BCUT2D eigenvalue weighted by molar-refractivity contribution is -0.143. The van der Waals surface area contributed by atoms with Crippen LogP contribution < -0.4 is 27.4 Å². The Morgan fingerprint density at radius 1 is 0.941 bits per heavy atom. The van der Waals surface area contributed by atoms with Crippen LogP contribution in [0.5, 0.6) is 0 Å². The molecule has 4 unspecified atom stereocenters. The van der Waals surface area contributed by atoms with E-state index in [1.165, 1.54) is 19.4 Å². The monoisotopic (exact) mass is 483 g/mol. The number of aromatic amines is 1. The Balaban J connectivity index is 3.03. The summed E-state index contributed by atoms with van der Waals surface area (Å²) in [5, 5.41) is 25.2. The number of carbonyl (C=O) groups is 6. The van der Waals surface area contributed by atoms with Crippen molar-refractivity contribution in [1.82, 2.24) is 25.9 Å².